The smallest absolute Gasteiger partial charge is 0.320 e. The molecule has 0 amide bonds. The van der Waals surface area contributed by atoms with E-state index >= 15 is 0 Å². The van der Waals surface area contributed by atoms with E-state index < -0.39 is 5.97 Å². The molecule has 2 rings (SSSR count). The van der Waals surface area contributed by atoms with Crippen LogP contribution in [0.2, 0.25) is 4.34 Å². The van der Waals surface area contributed by atoms with Crippen molar-refractivity contribution in [1.82, 2.24) is 5.32 Å². The molecule has 1 saturated heterocycles. The zero-order valence-corrected chi connectivity index (χ0v) is 10.4. The van der Waals surface area contributed by atoms with E-state index in [0.717, 1.165) is 30.0 Å². The van der Waals surface area contributed by atoms with Crippen molar-refractivity contribution in [2.24, 2.45) is 0 Å². The summed E-state index contributed by atoms with van der Waals surface area (Å²) in [5.41, 5.74) is 0. The molecular weight excluding hydrogens is 246 g/mol. The number of carboxylic acid groups (broad SMARTS) is 1. The van der Waals surface area contributed by atoms with Gasteiger partial charge in [0.1, 0.15) is 6.04 Å². The Labute approximate surface area is 103 Å². The first kappa shape index (κ1) is 11.9. The lowest BCUT2D eigenvalue weighted by Gasteiger charge is -2.28. The Kier molecular flexibility index (Phi) is 3.84. The third-order valence-corrected chi connectivity index (χ3v) is 4.11. The average molecular weight is 260 g/mol. The van der Waals surface area contributed by atoms with Crippen LogP contribution in [0.25, 0.3) is 0 Å². The molecule has 1 aliphatic rings. The summed E-state index contributed by atoms with van der Waals surface area (Å²) in [4.78, 5) is 12.1. The van der Waals surface area contributed by atoms with Crippen LogP contribution < -0.4 is 5.32 Å². The van der Waals surface area contributed by atoms with E-state index in [2.05, 4.69) is 5.32 Å². The van der Waals surface area contributed by atoms with Gasteiger partial charge in [-0.05, 0) is 37.8 Å². The molecule has 0 spiro atoms. The third-order valence-electron chi connectivity index (χ3n) is 2.86. The van der Waals surface area contributed by atoms with Gasteiger partial charge in [-0.1, -0.05) is 11.6 Å². The summed E-state index contributed by atoms with van der Waals surface area (Å²) >= 11 is 7.43. The highest BCUT2D eigenvalue weighted by Crippen LogP contribution is 2.24. The van der Waals surface area contributed by atoms with Crippen molar-refractivity contribution in [2.75, 3.05) is 0 Å². The number of halogens is 1. The zero-order valence-electron chi connectivity index (χ0n) is 8.78. The van der Waals surface area contributed by atoms with Gasteiger partial charge >= 0.3 is 5.97 Å². The number of nitrogens with one attached hydrogen (secondary N) is 1. The summed E-state index contributed by atoms with van der Waals surface area (Å²) in [6, 6.07) is 3.79. The molecule has 0 aliphatic carbocycles. The molecule has 1 aliphatic heterocycles. The van der Waals surface area contributed by atoms with E-state index in [1.165, 1.54) is 4.88 Å². The van der Waals surface area contributed by atoms with Crippen molar-refractivity contribution in [1.29, 1.82) is 0 Å². The molecule has 1 fully saturated rings. The molecule has 0 aromatic carbocycles. The first-order chi connectivity index (χ1) is 7.65. The van der Waals surface area contributed by atoms with Crippen LogP contribution in [0.5, 0.6) is 0 Å². The van der Waals surface area contributed by atoms with E-state index in [9.17, 15) is 4.79 Å². The molecule has 0 saturated carbocycles. The van der Waals surface area contributed by atoms with Crippen molar-refractivity contribution in [3.05, 3.63) is 21.3 Å². The van der Waals surface area contributed by atoms with E-state index in [-0.39, 0.29) is 12.1 Å². The fourth-order valence-corrected chi connectivity index (χ4v) is 3.25. The molecule has 1 aromatic heterocycles. The standard InChI is InChI=1S/C11H14ClNO2S/c12-10-5-4-8(16-10)6-7-2-1-3-9(13-7)11(14)15/h4-5,7,9,13H,1-3,6H2,(H,14,15). The molecule has 1 aromatic rings. The van der Waals surface area contributed by atoms with Gasteiger partial charge in [-0.25, -0.2) is 0 Å². The molecule has 2 atom stereocenters. The van der Waals surface area contributed by atoms with E-state index in [1.807, 2.05) is 12.1 Å². The minimum Gasteiger partial charge on any atom is -0.480 e. The van der Waals surface area contributed by atoms with Crippen molar-refractivity contribution >= 4 is 28.9 Å². The number of carbonyl (C=O) groups is 1. The first-order valence-electron chi connectivity index (χ1n) is 5.38. The Morgan fingerprint density at radius 3 is 3.00 bits per heavy atom. The van der Waals surface area contributed by atoms with Crippen LogP contribution in [0.4, 0.5) is 0 Å². The lowest BCUT2D eigenvalue weighted by Crippen LogP contribution is -2.47. The second-order valence-corrected chi connectivity index (χ2v) is 5.89. The van der Waals surface area contributed by atoms with Gasteiger partial charge in [0.15, 0.2) is 0 Å². The van der Waals surface area contributed by atoms with Crippen LogP contribution >= 0.6 is 22.9 Å². The normalized spacial score (nSPS) is 25.6. The van der Waals surface area contributed by atoms with Gasteiger partial charge < -0.3 is 10.4 Å². The molecule has 0 radical (unpaired) electrons. The van der Waals surface area contributed by atoms with Crippen molar-refractivity contribution in [2.45, 2.75) is 37.8 Å². The maximum absolute atomic E-state index is 10.9. The average Bonchev–Trinajstić information content (AvgIpc) is 2.64. The number of thiophene rings is 1. The van der Waals surface area contributed by atoms with Gasteiger partial charge in [0.2, 0.25) is 0 Å². The van der Waals surface area contributed by atoms with Gasteiger partial charge in [0.25, 0.3) is 0 Å². The fraction of sp³-hybridized carbons (Fsp3) is 0.545. The summed E-state index contributed by atoms with van der Waals surface area (Å²) in [6.07, 6.45) is 3.63. The maximum atomic E-state index is 10.9. The predicted molar refractivity (Wildman–Crippen MR) is 65.2 cm³/mol. The summed E-state index contributed by atoms with van der Waals surface area (Å²) in [6.45, 7) is 0. The van der Waals surface area contributed by atoms with Crippen LogP contribution in [-0.4, -0.2) is 23.2 Å². The van der Waals surface area contributed by atoms with Crippen molar-refractivity contribution in [3.8, 4) is 0 Å². The Balaban J connectivity index is 1.92. The van der Waals surface area contributed by atoms with E-state index in [4.69, 9.17) is 16.7 Å². The van der Waals surface area contributed by atoms with E-state index in [0.29, 0.717) is 0 Å². The summed E-state index contributed by atoms with van der Waals surface area (Å²) < 4.78 is 0.792. The highest BCUT2D eigenvalue weighted by Gasteiger charge is 2.26. The lowest BCUT2D eigenvalue weighted by atomic mass is 9.96. The zero-order chi connectivity index (χ0) is 11.5. The number of aliphatic carboxylic acids is 1. The maximum Gasteiger partial charge on any atom is 0.320 e. The predicted octanol–water partition coefficient (Wildman–Crippen LogP) is 2.54. The highest BCUT2D eigenvalue weighted by atomic mass is 35.5. The number of rotatable bonds is 3. The van der Waals surface area contributed by atoms with Gasteiger partial charge in [-0.3, -0.25) is 4.79 Å². The fourth-order valence-electron chi connectivity index (χ4n) is 2.08. The number of carboxylic acids is 1. The highest BCUT2D eigenvalue weighted by molar-refractivity contribution is 7.16. The number of hydrogen-bond donors (Lipinski definition) is 2. The van der Waals surface area contributed by atoms with Gasteiger partial charge in [-0.2, -0.15) is 0 Å². The van der Waals surface area contributed by atoms with E-state index in [1.54, 1.807) is 11.3 Å². The summed E-state index contributed by atoms with van der Waals surface area (Å²) in [5.74, 6) is -0.742. The molecule has 5 heteroatoms. The summed E-state index contributed by atoms with van der Waals surface area (Å²) in [5, 5.41) is 12.1. The van der Waals surface area contributed by atoms with Gasteiger partial charge in [-0.15, -0.1) is 11.3 Å². The monoisotopic (exact) mass is 259 g/mol. The molecule has 88 valence electrons. The quantitative estimate of drug-likeness (QED) is 0.877. The van der Waals surface area contributed by atoms with Crippen LogP contribution in [-0.2, 0) is 11.2 Å². The van der Waals surface area contributed by atoms with Crippen molar-refractivity contribution in [3.63, 3.8) is 0 Å². The molecule has 3 nitrogen and oxygen atoms in total. The number of piperidine rings is 1. The summed E-state index contributed by atoms with van der Waals surface area (Å²) in [7, 11) is 0. The number of hydrogen-bond acceptors (Lipinski definition) is 3. The third kappa shape index (κ3) is 2.97. The Morgan fingerprint density at radius 1 is 1.56 bits per heavy atom. The second kappa shape index (κ2) is 5.17. The lowest BCUT2D eigenvalue weighted by molar-refractivity contribution is -0.140. The Hall–Kier alpha value is -0.580. The SMILES string of the molecule is O=C(O)C1CCCC(Cc2ccc(Cl)s2)N1. The van der Waals surface area contributed by atoms with Gasteiger partial charge in [0, 0.05) is 10.9 Å². The largest absolute Gasteiger partial charge is 0.480 e. The molecule has 2 N–H and O–H groups in total. The second-order valence-electron chi connectivity index (χ2n) is 4.10. The minimum absolute atomic E-state index is 0.268. The topological polar surface area (TPSA) is 49.3 Å². The minimum atomic E-state index is -0.742. The van der Waals surface area contributed by atoms with Crippen molar-refractivity contribution < 1.29 is 9.90 Å². The molecule has 2 unspecified atom stereocenters. The first-order valence-corrected chi connectivity index (χ1v) is 6.57. The van der Waals surface area contributed by atoms with Crippen LogP contribution in [0, 0.1) is 0 Å². The Bertz CT molecular complexity index is 380. The van der Waals surface area contributed by atoms with Crippen LogP contribution in [0.15, 0.2) is 12.1 Å². The molecule has 0 bridgehead atoms. The molecule has 2 heterocycles. The Morgan fingerprint density at radius 2 is 2.38 bits per heavy atom. The molecular formula is C11H14ClNO2S. The van der Waals surface area contributed by atoms with Crippen LogP contribution in [0.1, 0.15) is 24.1 Å². The van der Waals surface area contributed by atoms with Gasteiger partial charge in [0.05, 0.1) is 4.34 Å². The molecule has 16 heavy (non-hydrogen) atoms. The van der Waals surface area contributed by atoms with Crippen LogP contribution in [0.3, 0.4) is 0 Å².